The zero-order valence-electron chi connectivity index (χ0n) is 12.4. The normalized spacial score (nSPS) is 13.3. The molecule has 120 valence electrons. The van der Waals surface area contributed by atoms with Crippen LogP contribution >= 0.6 is 11.3 Å². The molecule has 2 aromatic rings. The number of carbonyl (C=O) groups excluding carboxylic acids is 1. The summed E-state index contributed by atoms with van der Waals surface area (Å²) in [6, 6.07) is 6.29. The highest BCUT2D eigenvalue weighted by Crippen LogP contribution is 2.28. The van der Waals surface area contributed by atoms with Gasteiger partial charge >= 0.3 is 5.97 Å². The van der Waals surface area contributed by atoms with E-state index in [1.54, 1.807) is 6.07 Å². The number of ether oxygens (including phenoxy) is 2. The van der Waals surface area contributed by atoms with Crippen molar-refractivity contribution in [2.45, 2.75) is 13.0 Å². The van der Waals surface area contributed by atoms with Crippen molar-refractivity contribution in [1.82, 2.24) is 0 Å². The molecule has 1 aliphatic rings. The van der Waals surface area contributed by atoms with E-state index < -0.39 is 5.97 Å². The van der Waals surface area contributed by atoms with Crippen molar-refractivity contribution >= 4 is 28.9 Å². The first kappa shape index (κ1) is 15.5. The van der Waals surface area contributed by atoms with Crippen LogP contribution in [0.3, 0.4) is 0 Å². The number of rotatable bonds is 4. The Morgan fingerprint density at radius 2 is 2.17 bits per heavy atom. The van der Waals surface area contributed by atoms with Crippen LogP contribution in [0.15, 0.2) is 24.3 Å². The van der Waals surface area contributed by atoms with Crippen molar-refractivity contribution in [2.75, 3.05) is 19.0 Å². The number of aromatic carboxylic acids is 1. The molecule has 0 atom stereocenters. The summed E-state index contributed by atoms with van der Waals surface area (Å²) in [7, 11) is 1.39. The molecule has 0 aliphatic carbocycles. The smallest absolute Gasteiger partial charge is 0.339 e. The van der Waals surface area contributed by atoms with Gasteiger partial charge in [0.2, 0.25) is 0 Å². The number of hydrogen-bond acceptors (Lipinski definition) is 5. The molecule has 3 rings (SSSR count). The maximum atomic E-state index is 12.4. The van der Waals surface area contributed by atoms with E-state index in [9.17, 15) is 9.59 Å². The first-order chi connectivity index (χ1) is 11.1. The molecule has 1 amide bonds. The van der Waals surface area contributed by atoms with Crippen LogP contribution in [-0.2, 0) is 17.8 Å². The van der Waals surface area contributed by atoms with E-state index in [4.69, 9.17) is 14.6 Å². The highest BCUT2D eigenvalue weighted by Gasteiger charge is 2.18. The number of nitrogens with one attached hydrogen (secondary N) is 1. The number of amides is 1. The lowest BCUT2D eigenvalue weighted by atomic mass is 10.1. The molecule has 0 radical (unpaired) electrons. The van der Waals surface area contributed by atoms with Gasteiger partial charge in [-0.25, -0.2) is 4.79 Å². The van der Waals surface area contributed by atoms with Crippen molar-refractivity contribution < 1.29 is 24.2 Å². The van der Waals surface area contributed by atoms with E-state index in [2.05, 4.69) is 5.32 Å². The Balaban J connectivity index is 1.80. The van der Waals surface area contributed by atoms with E-state index in [0.29, 0.717) is 23.8 Å². The second-order valence-corrected chi connectivity index (χ2v) is 6.17. The lowest BCUT2D eigenvalue weighted by molar-refractivity contribution is 0.0693. The van der Waals surface area contributed by atoms with Crippen molar-refractivity contribution in [2.24, 2.45) is 0 Å². The van der Waals surface area contributed by atoms with Gasteiger partial charge < -0.3 is 19.9 Å². The Kier molecular flexibility index (Phi) is 4.31. The fraction of sp³-hybridized carbons (Fsp3) is 0.250. The summed E-state index contributed by atoms with van der Waals surface area (Å²) in [4.78, 5) is 25.2. The third kappa shape index (κ3) is 3.20. The summed E-state index contributed by atoms with van der Waals surface area (Å²) < 4.78 is 10.4. The number of fused-ring (bicyclic) bond motifs is 1. The van der Waals surface area contributed by atoms with E-state index in [0.717, 1.165) is 12.0 Å². The Labute approximate surface area is 136 Å². The summed E-state index contributed by atoms with van der Waals surface area (Å²) in [6.45, 7) is 1.22. The van der Waals surface area contributed by atoms with Crippen molar-refractivity contribution in [3.05, 3.63) is 45.1 Å². The molecular weight excluding hydrogens is 318 g/mol. The topological polar surface area (TPSA) is 84.9 Å². The van der Waals surface area contributed by atoms with E-state index in [-0.39, 0.29) is 17.2 Å². The van der Waals surface area contributed by atoms with Crippen molar-refractivity contribution in [3.63, 3.8) is 0 Å². The second-order valence-electron chi connectivity index (χ2n) is 5.04. The Bertz CT molecular complexity index is 744. The maximum absolute atomic E-state index is 12.4. The largest absolute Gasteiger partial charge is 0.496 e. The second kappa shape index (κ2) is 6.39. The standard InChI is InChI=1S/C16H15NO5S/c1-21-12-7-10(2-3-11(12)16(19)20)17-15(18)14-6-9-8-22-5-4-13(9)23-14/h2-3,6-7H,4-5,8H2,1H3,(H,17,18)(H,19,20). The lowest BCUT2D eigenvalue weighted by Gasteiger charge is -2.10. The lowest BCUT2D eigenvalue weighted by Crippen LogP contribution is -2.11. The molecule has 23 heavy (non-hydrogen) atoms. The molecule has 2 N–H and O–H groups in total. The van der Waals surface area contributed by atoms with Gasteiger partial charge in [0.15, 0.2) is 0 Å². The van der Waals surface area contributed by atoms with Gasteiger partial charge in [-0.15, -0.1) is 11.3 Å². The van der Waals surface area contributed by atoms with Crippen LogP contribution in [0.4, 0.5) is 5.69 Å². The predicted octanol–water partition coefficient (Wildman–Crippen LogP) is 2.78. The maximum Gasteiger partial charge on any atom is 0.339 e. The fourth-order valence-electron chi connectivity index (χ4n) is 2.40. The summed E-state index contributed by atoms with van der Waals surface area (Å²) in [5, 5.41) is 11.8. The van der Waals surface area contributed by atoms with Crippen LogP contribution in [0.2, 0.25) is 0 Å². The van der Waals surface area contributed by atoms with Crippen LogP contribution in [0.25, 0.3) is 0 Å². The predicted molar refractivity (Wildman–Crippen MR) is 85.6 cm³/mol. The summed E-state index contributed by atoms with van der Waals surface area (Å²) >= 11 is 1.46. The van der Waals surface area contributed by atoms with Crippen molar-refractivity contribution in [3.8, 4) is 5.75 Å². The molecule has 0 fully saturated rings. The molecule has 0 saturated heterocycles. The molecule has 0 unspecified atom stereocenters. The SMILES string of the molecule is COc1cc(NC(=O)c2cc3c(s2)CCOC3)ccc1C(=O)O. The molecule has 0 bridgehead atoms. The average molecular weight is 333 g/mol. The number of anilines is 1. The number of carboxylic acid groups (broad SMARTS) is 1. The van der Waals surface area contributed by atoms with Gasteiger partial charge in [0, 0.05) is 23.1 Å². The zero-order chi connectivity index (χ0) is 16.4. The van der Waals surface area contributed by atoms with E-state index >= 15 is 0 Å². The Morgan fingerprint density at radius 1 is 1.35 bits per heavy atom. The number of methoxy groups -OCH3 is 1. The van der Waals surface area contributed by atoms with Crippen LogP contribution in [0, 0.1) is 0 Å². The number of benzene rings is 1. The van der Waals surface area contributed by atoms with Crippen LogP contribution in [0.5, 0.6) is 5.75 Å². The molecule has 1 aromatic heterocycles. The van der Waals surface area contributed by atoms with Gasteiger partial charge in [-0.05, 0) is 23.8 Å². The third-order valence-corrected chi connectivity index (χ3v) is 4.78. The molecule has 1 aromatic carbocycles. The average Bonchev–Trinajstić information content (AvgIpc) is 2.98. The summed E-state index contributed by atoms with van der Waals surface area (Å²) in [5.41, 5.74) is 1.60. The quantitative estimate of drug-likeness (QED) is 0.899. The first-order valence-corrected chi connectivity index (χ1v) is 7.82. The molecule has 1 aliphatic heterocycles. The minimum Gasteiger partial charge on any atom is -0.496 e. The van der Waals surface area contributed by atoms with Gasteiger partial charge in [-0.3, -0.25) is 4.79 Å². The number of thiophene rings is 1. The molecular formula is C16H15NO5S. The molecule has 7 heteroatoms. The zero-order valence-corrected chi connectivity index (χ0v) is 13.2. The van der Waals surface area contributed by atoms with Gasteiger partial charge in [0.05, 0.1) is 25.2 Å². The molecule has 2 heterocycles. The summed E-state index contributed by atoms with van der Waals surface area (Å²) in [6.07, 6.45) is 0.828. The first-order valence-electron chi connectivity index (χ1n) is 7.00. The summed E-state index contributed by atoms with van der Waals surface area (Å²) in [5.74, 6) is -1.10. The minimum atomic E-state index is -1.08. The van der Waals surface area contributed by atoms with Gasteiger partial charge in [0.25, 0.3) is 5.91 Å². The van der Waals surface area contributed by atoms with E-state index in [1.807, 2.05) is 6.07 Å². The third-order valence-electron chi connectivity index (χ3n) is 3.54. The number of carboxylic acids is 1. The van der Waals surface area contributed by atoms with Crippen molar-refractivity contribution in [1.29, 1.82) is 0 Å². The highest BCUT2D eigenvalue weighted by molar-refractivity contribution is 7.14. The Morgan fingerprint density at radius 3 is 2.87 bits per heavy atom. The van der Waals surface area contributed by atoms with Crippen LogP contribution in [-0.4, -0.2) is 30.7 Å². The monoisotopic (exact) mass is 333 g/mol. The van der Waals surface area contributed by atoms with Gasteiger partial charge in [0.1, 0.15) is 11.3 Å². The minimum absolute atomic E-state index is 0.0502. The fourth-order valence-corrected chi connectivity index (χ4v) is 3.44. The number of carbonyl (C=O) groups is 2. The van der Waals surface area contributed by atoms with Gasteiger partial charge in [-0.2, -0.15) is 0 Å². The van der Waals surface area contributed by atoms with Crippen LogP contribution in [0.1, 0.15) is 30.5 Å². The van der Waals surface area contributed by atoms with E-state index in [1.165, 1.54) is 35.5 Å². The highest BCUT2D eigenvalue weighted by atomic mass is 32.1. The molecule has 0 saturated carbocycles. The number of hydrogen-bond donors (Lipinski definition) is 2. The van der Waals surface area contributed by atoms with Gasteiger partial charge in [-0.1, -0.05) is 0 Å². The molecule has 6 nitrogen and oxygen atoms in total. The van der Waals surface area contributed by atoms with Crippen LogP contribution < -0.4 is 10.1 Å². The Hall–Kier alpha value is -2.38. The molecule has 0 spiro atoms.